The Hall–Kier alpha value is -3.12. The summed E-state index contributed by atoms with van der Waals surface area (Å²) < 4.78 is 0. The molecule has 0 radical (unpaired) electrons. The second kappa shape index (κ2) is 8.71. The Balaban J connectivity index is 1.37. The highest BCUT2D eigenvalue weighted by atomic mass is 35.5. The van der Waals surface area contributed by atoms with E-state index >= 15 is 0 Å². The van der Waals surface area contributed by atoms with Gasteiger partial charge in [0.1, 0.15) is 0 Å². The van der Waals surface area contributed by atoms with Crippen LogP contribution in [0.3, 0.4) is 0 Å². The van der Waals surface area contributed by atoms with Crippen molar-refractivity contribution < 1.29 is 4.79 Å². The van der Waals surface area contributed by atoms with Crippen LogP contribution in [-0.2, 0) is 0 Å². The highest BCUT2D eigenvalue weighted by Gasteiger charge is 2.22. The molecule has 7 heteroatoms. The molecule has 0 unspecified atom stereocenters. The van der Waals surface area contributed by atoms with Crippen LogP contribution in [0.25, 0.3) is 11.3 Å². The number of amides is 2. The fraction of sp³-hybridized carbons (Fsp3) is 0.261. The number of hydrogen-bond donors (Lipinski definition) is 1. The minimum Gasteiger partial charge on any atom is -0.352 e. The van der Waals surface area contributed by atoms with Gasteiger partial charge in [0, 0.05) is 37.4 Å². The lowest BCUT2D eigenvalue weighted by Crippen LogP contribution is -2.50. The second-order valence-electron chi connectivity index (χ2n) is 7.41. The Labute approximate surface area is 181 Å². The number of carbonyl (C=O) groups is 1. The normalized spacial score (nSPS) is 14.0. The highest BCUT2D eigenvalue weighted by molar-refractivity contribution is 6.33. The number of urea groups is 1. The van der Waals surface area contributed by atoms with Crippen LogP contribution >= 0.6 is 11.6 Å². The summed E-state index contributed by atoms with van der Waals surface area (Å²) in [4.78, 5) is 16.6. The van der Waals surface area contributed by atoms with Crippen molar-refractivity contribution in [1.29, 1.82) is 0 Å². The van der Waals surface area contributed by atoms with Gasteiger partial charge in [0.15, 0.2) is 5.82 Å². The number of rotatable bonds is 3. The van der Waals surface area contributed by atoms with E-state index in [1.165, 1.54) is 0 Å². The van der Waals surface area contributed by atoms with Crippen molar-refractivity contribution >= 4 is 29.1 Å². The third-order valence-corrected chi connectivity index (χ3v) is 5.87. The van der Waals surface area contributed by atoms with E-state index in [0.717, 1.165) is 33.9 Å². The van der Waals surface area contributed by atoms with Crippen molar-refractivity contribution in [1.82, 2.24) is 15.1 Å². The van der Waals surface area contributed by atoms with Crippen LogP contribution in [0.5, 0.6) is 0 Å². The van der Waals surface area contributed by atoms with Crippen molar-refractivity contribution in [3.63, 3.8) is 0 Å². The lowest BCUT2D eigenvalue weighted by atomic mass is 10.1. The zero-order valence-electron chi connectivity index (χ0n) is 17.1. The molecule has 30 heavy (non-hydrogen) atoms. The molecule has 3 aromatic rings. The number of benzene rings is 2. The molecule has 1 fully saturated rings. The van der Waals surface area contributed by atoms with Crippen LogP contribution in [0.2, 0.25) is 5.02 Å². The van der Waals surface area contributed by atoms with E-state index in [1.807, 2.05) is 73.3 Å². The van der Waals surface area contributed by atoms with Gasteiger partial charge in [-0.15, -0.1) is 10.2 Å². The predicted molar refractivity (Wildman–Crippen MR) is 121 cm³/mol. The SMILES string of the molecule is Cc1cccc(NC(=O)N2CCN(c3ccc(-c4ccccc4Cl)nn3)CC2)c1C. The first kappa shape index (κ1) is 20.2. The second-order valence-corrected chi connectivity index (χ2v) is 7.82. The molecule has 0 bridgehead atoms. The minimum atomic E-state index is -0.0662. The van der Waals surface area contributed by atoms with Gasteiger partial charge < -0.3 is 15.1 Å². The van der Waals surface area contributed by atoms with Crippen molar-refractivity contribution in [3.05, 3.63) is 70.7 Å². The van der Waals surface area contributed by atoms with Crippen molar-refractivity contribution in [3.8, 4) is 11.3 Å². The topological polar surface area (TPSA) is 61.4 Å². The van der Waals surface area contributed by atoms with E-state index in [-0.39, 0.29) is 6.03 Å². The summed E-state index contributed by atoms with van der Waals surface area (Å²) in [6.07, 6.45) is 0. The number of hydrogen-bond acceptors (Lipinski definition) is 4. The monoisotopic (exact) mass is 421 g/mol. The largest absolute Gasteiger partial charge is 0.352 e. The van der Waals surface area contributed by atoms with Gasteiger partial charge in [-0.2, -0.15) is 0 Å². The maximum atomic E-state index is 12.7. The molecule has 1 aromatic heterocycles. The van der Waals surface area contributed by atoms with E-state index in [1.54, 1.807) is 0 Å². The zero-order valence-corrected chi connectivity index (χ0v) is 17.9. The standard InChI is InChI=1S/C23H24ClN5O/c1-16-6-5-9-20(17(16)2)25-23(30)29-14-12-28(13-15-29)22-11-10-21(26-27-22)18-7-3-4-8-19(18)24/h3-11H,12-15H2,1-2H3,(H,25,30). The van der Waals surface area contributed by atoms with Gasteiger partial charge in [-0.05, 0) is 49.2 Å². The molecule has 6 nitrogen and oxygen atoms in total. The number of nitrogens with one attached hydrogen (secondary N) is 1. The van der Waals surface area contributed by atoms with Crippen LogP contribution in [0.15, 0.2) is 54.6 Å². The fourth-order valence-corrected chi connectivity index (χ4v) is 3.76. The molecule has 1 aliphatic rings. The van der Waals surface area contributed by atoms with Gasteiger partial charge in [-0.1, -0.05) is 41.9 Å². The average molecular weight is 422 g/mol. The van der Waals surface area contributed by atoms with Crippen LogP contribution in [0.1, 0.15) is 11.1 Å². The van der Waals surface area contributed by atoms with Gasteiger partial charge in [0.05, 0.1) is 10.7 Å². The molecule has 0 aliphatic carbocycles. The summed E-state index contributed by atoms with van der Waals surface area (Å²) in [5, 5.41) is 12.4. The summed E-state index contributed by atoms with van der Waals surface area (Å²) >= 11 is 6.25. The van der Waals surface area contributed by atoms with Gasteiger partial charge >= 0.3 is 6.03 Å². The molecule has 0 spiro atoms. The summed E-state index contributed by atoms with van der Waals surface area (Å²) in [6, 6.07) is 17.4. The van der Waals surface area contributed by atoms with E-state index in [2.05, 4.69) is 20.4 Å². The number of piperazine rings is 1. The van der Waals surface area contributed by atoms with Crippen LogP contribution < -0.4 is 10.2 Å². The van der Waals surface area contributed by atoms with Crippen LogP contribution in [-0.4, -0.2) is 47.3 Å². The molecule has 0 saturated carbocycles. The molecule has 1 saturated heterocycles. The average Bonchev–Trinajstić information content (AvgIpc) is 2.77. The molecule has 1 aliphatic heterocycles. The molecular formula is C23H24ClN5O. The molecule has 1 N–H and O–H groups in total. The molecule has 154 valence electrons. The van der Waals surface area contributed by atoms with Crippen LogP contribution in [0.4, 0.5) is 16.3 Å². The van der Waals surface area contributed by atoms with E-state index in [0.29, 0.717) is 31.2 Å². The van der Waals surface area contributed by atoms with Crippen molar-refractivity contribution in [2.75, 3.05) is 36.4 Å². The molecule has 4 rings (SSSR count). The molecule has 0 atom stereocenters. The quantitative estimate of drug-likeness (QED) is 0.661. The Morgan fingerprint density at radius 2 is 1.70 bits per heavy atom. The third kappa shape index (κ3) is 4.24. The Morgan fingerprint density at radius 1 is 0.933 bits per heavy atom. The number of aryl methyl sites for hydroxylation is 1. The molecular weight excluding hydrogens is 398 g/mol. The number of aromatic nitrogens is 2. The third-order valence-electron chi connectivity index (χ3n) is 5.54. The maximum Gasteiger partial charge on any atom is 0.321 e. The van der Waals surface area contributed by atoms with Gasteiger partial charge in [0.25, 0.3) is 0 Å². The maximum absolute atomic E-state index is 12.7. The van der Waals surface area contributed by atoms with Gasteiger partial charge in [-0.25, -0.2) is 4.79 Å². The van der Waals surface area contributed by atoms with Crippen LogP contribution in [0, 0.1) is 13.8 Å². The summed E-state index contributed by atoms with van der Waals surface area (Å²) in [5.74, 6) is 0.806. The van der Waals surface area contributed by atoms with E-state index in [4.69, 9.17) is 11.6 Å². The molecule has 2 amide bonds. The number of nitrogens with zero attached hydrogens (tertiary/aromatic N) is 4. The van der Waals surface area contributed by atoms with Gasteiger partial charge in [-0.3, -0.25) is 0 Å². The Bertz CT molecular complexity index is 1050. The number of halogens is 1. The smallest absolute Gasteiger partial charge is 0.321 e. The summed E-state index contributed by atoms with van der Waals surface area (Å²) in [5.41, 5.74) is 4.74. The zero-order chi connectivity index (χ0) is 21.1. The predicted octanol–water partition coefficient (Wildman–Crippen LogP) is 4.77. The van der Waals surface area contributed by atoms with Gasteiger partial charge in [0.2, 0.25) is 0 Å². The summed E-state index contributed by atoms with van der Waals surface area (Å²) in [6.45, 7) is 6.74. The minimum absolute atomic E-state index is 0.0662. The van der Waals surface area contributed by atoms with E-state index in [9.17, 15) is 4.79 Å². The van der Waals surface area contributed by atoms with E-state index < -0.39 is 0 Å². The number of anilines is 2. The van der Waals surface area contributed by atoms with Crippen molar-refractivity contribution in [2.24, 2.45) is 0 Å². The molecule has 2 heterocycles. The summed E-state index contributed by atoms with van der Waals surface area (Å²) in [7, 11) is 0. The Kier molecular flexibility index (Phi) is 5.86. The first-order chi connectivity index (χ1) is 14.5. The molecule has 2 aromatic carbocycles. The lowest BCUT2D eigenvalue weighted by molar-refractivity contribution is 0.208. The first-order valence-electron chi connectivity index (χ1n) is 9.98. The highest BCUT2D eigenvalue weighted by Crippen LogP contribution is 2.26. The Morgan fingerprint density at radius 3 is 2.40 bits per heavy atom. The fourth-order valence-electron chi connectivity index (χ4n) is 3.53. The number of carbonyl (C=O) groups excluding carboxylic acids is 1. The first-order valence-corrected chi connectivity index (χ1v) is 10.4. The van der Waals surface area contributed by atoms with Crippen molar-refractivity contribution in [2.45, 2.75) is 13.8 Å². The lowest BCUT2D eigenvalue weighted by Gasteiger charge is -2.35.